The van der Waals surface area contributed by atoms with Crippen molar-refractivity contribution in [1.82, 2.24) is 5.32 Å². The third-order valence-electron chi connectivity index (χ3n) is 2.84. The Bertz CT molecular complexity index is 564. The minimum absolute atomic E-state index is 0.0605. The van der Waals surface area contributed by atoms with Gasteiger partial charge in [-0.1, -0.05) is 0 Å². The Labute approximate surface area is 135 Å². The predicted molar refractivity (Wildman–Crippen MR) is 89.4 cm³/mol. The van der Waals surface area contributed by atoms with E-state index in [1.54, 1.807) is 30.2 Å². The number of hydrogen-bond acceptors (Lipinski definition) is 4. The van der Waals surface area contributed by atoms with Crippen molar-refractivity contribution < 1.29 is 13.9 Å². The van der Waals surface area contributed by atoms with Gasteiger partial charge in [-0.05, 0) is 50.2 Å². The highest BCUT2D eigenvalue weighted by molar-refractivity contribution is 7.98. The standard InChI is InChI=1S/C17H21NO3S/c1-13(2)21-15-7-5-14(6-8-15)17(19)18-9-11-22-12-16-4-3-10-20-16/h3-8,10,13H,9,11-12H2,1-2H3,(H,18,19). The van der Waals surface area contributed by atoms with Gasteiger partial charge in [-0.2, -0.15) is 11.8 Å². The van der Waals surface area contributed by atoms with Crippen LogP contribution in [0.2, 0.25) is 0 Å². The summed E-state index contributed by atoms with van der Waals surface area (Å²) in [7, 11) is 0. The quantitative estimate of drug-likeness (QED) is 0.753. The van der Waals surface area contributed by atoms with Crippen LogP contribution in [0.3, 0.4) is 0 Å². The number of carbonyl (C=O) groups is 1. The van der Waals surface area contributed by atoms with Crippen LogP contribution in [-0.2, 0) is 5.75 Å². The second-order valence-electron chi connectivity index (χ2n) is 5.08. The molecule has 0 aliphatic heterocycles. The number of furan rings is 1. The Kier molecular flexibility index (Phi) is 6.40. The van der Waals surface area contributed by atoms with E-state index >= 15 is 0 Å². The molecule has 0 spiro atoms. The Hall–Kier alpha value is -1.88. The number of benzene rings is 1. The van der Waals surface area contributed by atoms with Gasteiger partial charge in [-0.25, -0.2) is 0 Å². The molecule has 0 saturated heterocycles. The Morgan fingerprint density at radius 3 is 2.68 bits per heavy atom. The molecule has 0 aliphatic rings. The fourth-order valence-corrected chi connectivity index (χ4v) is 2.62. The fraction of sp³-hybridized carbons (Fsp3) is 0.353. The molecule has 1 heterocycles. The fourth-order valence-electron chi connectivity index (χ4n) is 1.86. The average molecular weight is 319 g/mol. The topological polar surface area (TPSA) is 51.5 Å². The summed E-state index contributed by atoms with van der Waals surface area (Å²) in [5.41, 5.74) is 0.646. The SMILES string of the molecule is CC(C)Oc1ccc(C(=O)NCCSCc2ccco2)cc1. The van der Waals surface area contributed by atoms with Crippen molar-refractivity contribution in [3.8, 4) is 5.75 Å². The number of ether oxygens (including phenoxy) is 1. The number of rotatable bonds is 8. The van der Waals surface area contributed by atoms with Gasteiger partial charge in [-0.3, -0.25) is 4.79 Å². The zero-order valence-corrected chi connectivity index (χ0v) is 13.7. The van der Waals surface area contributed by atoms with Crippen molar-refractivity contribution in [2.45, 2.75) is 25.7 Å². The molecule has 0 aliphatic carbocycles. The van der Waals surface area contributed by atoms with Crippen molar-refractivity contribution in [2.75, 3.05) is 12.3 Å². The van der Waals surface area contributed by atoms with Gasteiger partial charge in [0.05, 0.1) is 18.1 Å². The molecule has 1 aromatic carbocycles. The zero-order chi connectivity index (χ0) is 15.8. The van der Waals surface area contributed by atoms with E-state index in [0.29, 0.717) is 12.1 Å². The molecule has 2 aromatic rings. The first-order valence-corrected chi connectivity index (χ1v) is 8.45. The molecule has 22 heavy (non-hydrogen) atoms. The molecule has 5 heteroatoms. The van der Waals surface area contributed by atoms with E-state index in [0.717, 1.165) is 23.0 Å². The second-order valence-corrected chi connectivity index (χ2v) is 6.18. The summed E-state index contributed by atoms with van der Waals surface area (Å²) in [5, 5.41) is 2.91. The van der Waals surface area contributed by atoms with Crippen LogP contribution in [-0.4, -0.2) is 24.3 Å². The van der Waals surface area contributed by atoms with Crippen molar-refractivity contribution in [1.29, 1.82) is 0 Å². The number of amides is 1. The molecule has 0 bridgehead atoms. The number of carbonyl (C=O) groups excluding carboxylic acids is 1. The molecule has 0 unspecified atom stereocenters. The molecule has 4 nitrogen and oxygen atoms in total. The van der Waals surface area contributed by atoms with E-state index in [-0.39, 0.29) is 12.0 Å². The van der Waals surface area contributed by atoms with Crippen LogP contribution in [0, 0.1) is 0 Å². The van der Waals surface area contributed by atoms with E-state index in [2.05, 4.69) is 5.32 Å². The van der Waals surface area contributed by atoms with Crippen LogP contribution in [0.5, 0.6) is 5.75 Å². The summed E-state index contributed by atoms with van der Waals surface area (Å²) in [4.78, 5) is 12.0. The highest BCUT2D eigenvalue weighted by atomic mass is 32.2. The molecule has 118 valence electrons. The van der Waals surface area contributed by atoms with Crippen molar-refractivity contribution >= 4 is 17.7 Å². The van der Waals surface area contributed by atoms with Crippen LogP contribution in [0.15, 0.2) is 47.1 Å². The number of thioether (sulfide) groups is 1. The third kappa shape index (κ3) is 5.48. The maximum absolute atomic E-state index is 12.0. The van der Waals surface area contributed by atoms with E-state index in [4.69, 9.17) is 9.15 Å². The average Bonchev–Trinajstić information content (AvgIpc) is 3.00. The molecule has 0 radical (unpaired) electrons. The highest BCUT2D eigenvalue weighted by Crippen LogP contribution is 2.14. The van der Waals surface area contributed by atoms with E-state index < -0.39 is 0 Å². The molecular formula is C17H21NO3S. The molecule has 0 fully saturated rings. The molecule has 2 rings (SSSR count). The van der Waals surface area contributed by atoms with Gasteiger partial charge in [-0.15, -0.1) is 0 Å². The van der Waals surface area contributed by atoms with Gasteiger partial charge < -0.3 is 14.5 Å². The van der Waals surface area contributed by atoms with Gasteiger partial charge in [0.2, 0.25) is 0 Å². The molecule has 1 aromatic heterocycles. The monoisotopic (exact) mass is 319 g/mol. The van der Waals surface area contributed by atoms with E-state index in [1.165, 1.54) is 0 Å². The summed E-state index contributed by atoms with van der Waals surface area (Å²) >= 11 is 1.73. The molecule has 1 N–H and O–H groups in total. The first-order valence-electron chi connectivity index (χ1n) is 7.30. The maximum atomic E-state index is 12.0. The van der Waals surface area contributed by atoms with Crippen LogP contribution in [0.4, 0.5) is 0 Å². The predicted octanol–water partition coefficient (Wildman–Crippen LogP) is 3.73. The normalized spacial score (nSPS) is 10.7. The second kappa shape index (κ2) is 8.54. The Morgan fingerprint density at radius 1 is 1.27 bits per heavy atom. The highest BCUT2D eigenvalue weighted by Gasteiger charge is 2.05. The van der Waals surface area contributed by atoms with Crippen LogP contribution < -0.4 is 10.1 Å². The zero-order valence-electron chi connectivity index (χ0n) is 12.9. The molecule has 0 saturated carbocycles. The smallest absolute Gasteiger partial charge is 0.251 e. The first-order chi connectivity index (χ1) is 10.6. The van der Waals surface area contributed by atoms with Crippen molar-refractivity contribution in [3.05, 3.63) is 54.0 Å². The van der Waals surface area contributed by atoms with Crippen LogP contribution in [0.25, 0.3) is 0 Å². The summed E-state index contributed by atoms with van der Waals surface area (Å²) in [6.07, 6.45) is 1.80. The lowest BCUT2D eigenvalue weighted by Crippen LogP contribution is -2.25. The van der Waals surface area contributed by atoms with Gasteiger partial charge in [0.1, 0.15) is 11.5 Å². The number of nitrogens with one attached hydrogen (secondary N) is 1. The van der Waals surface area contributed by atoms with Gasteiger partial charge in [0, 0.05) is 17.9 Å². The lowest BCUT2D eigenvalue weighted by Gasteiger charge is -2.10. The minimum Gasteiger partial charge on any atom is -0.491 e. The number of hydrogen-bond donors (Lipinski definition) is 1. The molecule has 1 amide bonds. The lowest BCUT2D eigenvalue weighted by molar-refractivity contribution is 0.0956. The Balaban J connectivity index is 1.68. The van der Waals surface area contributed by atoms with Crippen LogP contribution >= 0.6 is 11.8 Å². The summed E-state index contributed by atoms with van der Waals surface area (Å²) in [6, 6.07) is 11.0. The summed E-state index contributed by atoms with van der Waals surface area (Å²) in [6.45, 7) is 4.58. The minimum atomic E-state index is -0.0605. The van der Waals surface area contributed by atoms with Crippen molar-refractivity contribution in [2.24, 2.45) is 0 Å². The van der Waals surface area contributed by atoms with E-state index in [1.807, 2.05) is 38.1 Å². The van der Waals surface area contributed by atoms with Gasteiger partial charge in [0.15, 0.2) is 0 Å². The largest absolute Gasteiger partial charge is 0.491 e. The molecular weight excluding hydrogens is 298 g/mol. The maximum Gasteiger partial charge on any atom is 0.251 e. The van der Waals surface area contributed by atoms with Crippen LogP contribution in [0.1, 0.15) is 30.0 Å². The van der Waals surface area contributed by atoms with E-state index in [9.17, 15) is 4.79 Å². The van der Waals surface area contributed by atoms with Crippen molar-refractivity contribution in [3.63, 3.8) is 0 Å². The summed E-state index contributed by atoms with van der Waals surface area (Å²) < 4.78 is 10.8. The Morgan fingerprint density at radius 2 is 2.05 bits per heavy atom. The summed E-state index contributed by atoms with van der Waals surface area (Å²) in [5.74, 6) is 3.35. The first kappa shape index (κ1) is 16.5. The van der Waals surface area contributed by atoms with Gasteiger partial charge >= 0.3 is 0 Å². The van der Waals surface area contributed by atoms with Gasteiger partial charge in [0.25, 0.3) is 5.91 Å². The lowest BCUT2D eigenvalue weighted by atomic mass is 10.2. The molecule has 0 atom stereocenters. The third-order valence-corrected chi connectivity index (χ3v) is 3.83.